The van der Waals surface area contributed by atoms with Crippen LogP contribution in [0.15, 0.2) is 48.5 Å². The number of carbonyl (C=O) groups excluding carboxylic acids is 1. The van der Waals surface area contributed by atoms with Gasteiger partial charge in [-0.15, -0.1) is 0 Å². The lowest BCUT2D eigenvalue weighted by atomic mass is 9.92. The van der Waals surface area contributed by atoms with Crippen LogP contribution in [0.4, 0.5) is 0 Å². The molecular weight excluding hydrogens is 322 g/mol. The number of hydrogen-bond donors (Lipinski definition) is 1. The maximum Gasteiger partial charge on any atom is 0.261 e. The Morgan fingerprint density at radius 2 is 1.81 bits per heavy atom. The highest BCUT2D eigenvalue weighted by Gasteiger charge is 2.20. The Bertz CT molecular complexity index is 726. The van der Waals surface area contributed by atoms with E-state index < -0.39 is 6.10 Å². The molecule has 0 heterocycles. The molecule has 0 spiro atoms. The lowest BCUT2D eigenvalue weighted by Gasteiger charge is -2.21. The first kappa shape index (κ1) is 18.5. The zero-order chi connectivity index (χ0) is 18.4. The molecular formula is C23H29NO2. The van der Waals surface area contributed by atoms with Gasteiger partial charge in [-0.25, -0.2) is 0 Å². The second-order valence-corrected chi connectivity index (χ2v) is 7.21. The van der Waals surface area contributed by atoms with Gasteiger partial charge in [0.05, 0.1) is 0 Å². The molecule has 0 radical (unpaired) electrons. The highest BCUT2D eigenvalue weighted by atomic mass is 16.5. The Balaban J connectivity index is 1.57. The predicted molar refractivity (Wildman–Crippen MR) is 106 cm³/mol. The highest BCUT2D eigenvalue weighted by Crippen LogP contribution is 2.26. The van der Waals surface area contributed by atoms with E-state index >= 15 is 0 Å². The number of carbonyl (C=O) groups is 1. The SMILES string of the molecule is CC[C@H](Oc1ccc2c(c1)CCCC2)C(=O)NC[C@@H](C)c1ccccc1. The molecule has 0 fully saturated rings. The minimum absolute atomic E-state index is 0.0343. The van der Waals surface area contributed by atoms with Crippen molar-refractivity contribution < 1.29 is 9.53 Å². The Hall–Kier alpha value is -2.29. The van der Waals surface area contributed by atoms with E-state index in [0.29, 0.717) is 13.0 Å². The minimum atomic E-state index is -0.445. The van der Waals surface area contributed by atoms with Gasteiger partial charge in [0.1, 0.15) is 5.75 Å². The molecule has 0 aliphatic heterocycles. The molecule has 2 atom stereocenters. The third-order valence-corrected chi connectivity index (χ3v) is 5.21. The fourth-order valence-electron chi connectivity index (χ4n) is 3.54. The van der Waals surface area contributed by atoms with Crippen LogP contribution in [0, 0.1) is 0 Å². The number of nitrogens with one attached hydrogen (secondary N) is 1. The number of hydrogen-bond acceptors (Lipinski definition) is 2. The topological polar surface area (TPSA) is 38.3 Å². The molecule has 0 aromatic heterocycles. The van der Waals surface area contributed by atoms with Gasteiger partial charge in [0, 0.05) is 6.54 Å². The van der Waals surface area contributed by atoms with Crippen LogP contribution in [-0.2, 0) is 17.6 Å². The van der Waals surface area contributed by atoms with E-state index in [1.807, 2.05) is 31.2 Å². The first-order valence-corrected chi connectivity index (χ1v) is 9.78. The predicted octanol–water partition coefficient (Wildman–Crippen LogP) is 4.64. The highest BCUT2D eigenvalue weighted by molar-refractivity contribution is 5.81. The number of ether oxygens (including phenoxy) is 1. The van der Waals surface area contributed by atoms with Gasteiger partial charge in [0.15, 0.2) is 6.10 Å². The summed E-state index contributed by atoms with van der Waals surface area (Å²) >= 11 is 0. The van der Waals surface area contributed by atoms with E-state index in [2.05, 4.69) is 36.5 Å². The summed E-state index contributed by atoms with van der Waals surface area (Å²) in [6, 6.07) is 16.5. The number of rotatable bonds is 7. The van der Waals surface area contributed by atoms with E-state index in [9.17, 15) is 4.79 Å². The summed E-state index contributed by atoms with van der Waals surface area (Å²) in [7, 11) is 0. The Labute approximate surface area is 156 Å². The van der Waals surface area contributed by atoms with E-state index in [1.165, 1.54) is 29.5 Å². The van der Waals surface area contributed by atoms with Crippen LogP contribution in [0.5, 0.6) is 5.75 Å². The van der Waals surface area contributed by atoms with Crippen molar-refractivity contribution in [3.8, 4) is 5.75 Å². The van der Waals surface area contributed by atoms with Gasteiger partial charge in [-0.2, -0.15) is 0 Å². The largest absolute Gasteiger partial charge is 0.481 e. The standard InChI is InChI=1S/C23H29NO2/c1-3-22(23(25)24-16-17(2)18-9-5-4-6-10-18)26-21-14-13-19-11-7-8-12-20(19)15-21/h4-6,9-10,13-15,17,22H,3,7-8,11-12,16H2,1-2H3,(H,24,25)/t17-,22+/m1/s1. The van der Waals surface area contributed by atoms with Crippen molar-refractivity contribution in [1.82, 2.24) is 5.32 Å². The number of fused-ring (bicyclic) bond motifs is 1. The Kier molecular flexibility index (Phi) is 6.32. The minimum Gasteiger partial charge on any atom is -0.481 e. The van der Waals surface area contributed by atoms with Crippen LogP contribution < -0.4 is 10.1 Å². The Morgan fingerprint density at radius 3 is 2.54 bits per heavy atom. The second-order valence-electron chi connectivity index (χ2n) is 7.21. The van der Waals surface area contributed by atoms with Crippen molar-refractivity contribution in [1.29, 1.82) is 0 Å². The summed E-state index contributed by atoms with van der Waals surface area (Å²) in [6.07, 6.45) is 5.00. The van der Waals surface area contributed by atoms with Crippen molar-refractivity contribution in [2.75, 3.05) is 6.54 Å². The molecule has 2 aromatic carbocycles. The maximum atomic E-state index is 12.6. The van der Waals surface area contributed by atoms with Crippen molar-refractivity contribution in [3.05, 3.63) is 65.2 Å². The molecule has 0 unspecified atom stereocenters. The zero-order valence-corrected chi connectivity index (χ0v) is 15.8. The molecule has 0 saturated heterocycles. The molecule has 3 rings (SSSR count). The lowest BCUT2D eigenvalue weighted by Crippen LogP contribution is -2.39. The van der Waals surface area contributed by atoms with Crippen LogP contribution in [0.2, 0.25) is 0 Å². The van der Waals surface area contributed by atoms with E-state index in [0.717, 1.165) is 18.6 Å². The molecule has 2 aromatic rings. The summed E-state index contributed by atoms with van der Waals surface area (Å²) in [4.78, 5) is 12.6. The first-order valence-electron chi connectivity index (χ1n) is 9.78. The molecule has 26 heavy (non-hydrogen) atoms. The third-order valence-electron chi connectivity index (χ3n) is 5.21. The second kappa shape index (κ2) is 8.88. The fourth-order valence-corrected chi connectivity index (χ4v) is 3.54. The van der Waals surface area contributed by atoms with Gasteiger partial charge in [-0.3, -0.25) is 4.79 Å². The molecule has 138 valence electrons. The molecule has 1 N–H and O–H groups in total. The van der Waals surface area contributed by atoms with Crippen LogP contribution in [0.3, 0.4) is 0 Å². The first-order chi connectivity index (χ1) is 12.7. The summed E-state index contributed by atoms with van der Waals surface area (Å²) in [5.74, 6) is 1.05. The van der Waals surface area contributed by atoms with Gasteiger partial charge >= 0.3 is 0 Å². The van der Waals surface area contributed by atoms with Crippen LogP contribution in [0.25, 0.3) is 0 Å². The maximum absolute atomic E-state index is 12.6. The van der Waals surface area contributed by atoms with E-state index in [-0.39, 0.29) is 11.8 Å². The van der Waals surface area contributed by atoms with Crippen molar-refractivity contribution in [3.63, 3.8) is 0 Å². The van der Waals surface area contributed by atoms with Crippen molar-refractivity contribution in [2.45, 2.75) is 58.0 Å². The number of amides is 1. The summed E-state index contributed by atoms with van der Waals surface area (Å²) in [5, 5.41) is 3.05. The van der Waals surface area contributed by atoms with Crippen LogP contribution >= 0.6 is 0 Å². The third kappa shape index (κ3) is 4.66. The number of aryl methyl sites for hydroxylation is 2. The quantitative estimate of drug-likeness (QED) is 0.789. The van der Waals surface area contributed by atoms with Crippen LogP contribution in [0.1, 0.15) is 55.7 Å². The Morgan fingerprint density at radius 1 is 1.08 bits per heavy atom. The zero-order valence-electron chi connectivity index (χ0n) is 15.8. The molecule has 0 saturated carbocycles. The van der Waals surface area contributed by atoms with Gasteiger partial charge in [0.2, 0.25) is 0 Å². The fraction of sp³-hybridized carbons (Fsp3) is 0.435. The molecule has 1 amide bonds. The summed E-state index contributed by atoms with van der Waals surface area (Å²) in [6.45, 7) is 4.73. The molecule has 0 bridgehead atoms. The van der Waals surface area contributed by atoms with Crippen LogP contribution in [-0.4, -0.2) is 18.6 Å². The average molecular weight is 351 g/mol. The molecule has 1 aliphatic carbocycles. The van der Waals surface area contributed by atoms with E-state index in [4.69, 9.17) is 4.74 Å². The van der Waals surface area contributed by atoms with Crippen molar-refractivity contribution >= 4 is 5.91 Å². The van der Waals surface area contributed by atoms with Gasteiger partial charge in [0.25, 0.3) is 5.91 Å². The lowest BCUT2D eigenvalue weighted by molar-refractivity contribution is -0.128. The number of benzene rings is 2. The summed E-state index contributed by atoms with van der Waals surface area (Å²) in [5.41, 5.74) is 4.04. The van der Waals surface area contributed by atoms with Gasteiger partial charge in [-0.1, -0.05) is 50.2 Å². The van der Waals surface area contributed by atoms with E-state index in [1.54, 1.807) is 0 Å². The average Bonchev–Trinajstić information content (AvgIpc) is 2.70. The smallest absolute Gasteiger partial charge is 0.261 e. The van der Waals surface area contributed by atoms with Gasteiger partial charge in [-0.05, 0) is 66.8 Å². The monoisotopic (exact) mass is 351 g/mol. The molecule has 1 aliphatic rings. The van der Waals surface area contributed by atoms with Gasteiger partial charge < -0.3 is 10.1 Å². The summed E-state index contributed by atoms with van der Waals surface area (Å²) < 4.78 is 6.02. The normalized spacial score (nSPS) is 15.6. The van der Waals surface area contributed by atoms with Crippen molar-refractivity contribution in [2.24, 2.45) is 0 Å². The molecule has 3 heteroatoms. The molecule has 3 nitrogen and oxygen atoms in total.